The fourth-order valence-corrected chi connectivity index (χ4v) is 4.29. The number of hydrogen-bond donors (Lipinski definition) is 0. The molecule has 0 atom stereocenters. The number of fused-ring (bicyclic) bond motifs is 1. The second kappa shape index (κ2) is 7.24. The first-order valence-electron chi connectivity index (χ1n) is 9.65. The zero-order valence-electron chi connectivity index (χ0n) is 15.8. The normalized spacial score (nSPS) is 14.8. The molecule has 0 unspecified atom stereocenters. The summed E-state index contributed by atoms with van der Waals surface area (Å²) in [5.41, 5.74) is 4.52. The number of hydrogen-bond acceptors (Lipinski definition) is 6. The van der Waals surface area contributed by atoms with E-state index in [1.54, 1.807) is 11.3 Å². The lowest BCUT2D eigenvalue weighted by Crippen LogP contribution is -2.47. The average molecular weight is 391 g/mol. The van der Waals surface area contributed by atoms with Crippen molar-refractivity contribution in [3.63, 3.8) is 0 Å². The number of aromatic nitrogens is 4. The molecule has 0 amide bonds. The fraction of sp³-hybridized carbons (Fsp3) is 0.286. The van der Waals surface area contributed by atoms with Crippen LogP contribution in [0.25, 0.3) is 17.0 Å². The van der Waals surface area contributed by atoms with Crippen LogP contribution in [0.1, 0.15) is 12.5 Å². The van der Waals surface area contributed by atoms with Crippen LogP contribution in [0.4, 0.5) is 11.5 Å². The highest BCUT2D eigenvalue weighted by Crippen LogP contribution is 2.23. The van der Waals surface area contributed by atoms with E-state index in [4.69, 9.17) is 5.10 Å². The maximum atomic E-state index is 4.84. The average Bonchev–Trinajstić information content (AvgIpc) is 3.43. The van der Waals surface area contributed by atoms with Crippen molar-refractivity contribution in [3.05, 3.63) is 58.8 Å². The molecule has 4 heterocycles. The SMILES string of the molecule is CCc1ccc(N2CCN(c3ccc4nnc(-c5ccsc5)n4n3)CC2)cc1. The predicted octanol–water partition coefficient (Wildman–Crippen LogP) is 3.74. The van der Waals surface area contributed by atoms with Gasteiger partial charge in [0, 0.05) is 42.8 Å². The third-order valence-corrected chi connectivity index (χ3v) is 6.02. The molecule has 3 aromatic heterocycles. The third kappa shape index (κ3) is 3.11. The van der Waals surface area contributed by atoms with E-state index >= 15 is 0 Å². The Morgan fingerprint density at radius 2 is 1.68 bits per heavy atom. The van der Waals surface area contributed by atoms with E-state index in [9.17, 15) is 0 Å². The molecule has 0 saturated carbocycles. The van der Waals surface area contributed by atoms with Crippen LogP contribution in [-0.4, -0.2) is 46.0 Å². The smallest absolute Gasteiger partial charge is 0.186 e. The van der Waals surface area contributed by atoms with E-state index in [0.717, 1.165) is 55.5 Å². The van der Waals surface area contributed by atoms with E-state index in [0.29, 0.717) is 0 Å². The van der Waals surface area contributed by atoms with Gasteiger partial charge in [-0.1, -0.05) is 19.1 Å². The Labute approximate surface area is 168 Å². The van der Waals surface area contributed by atoms with Gasteiger partial charge in [-0.3, -0.25) is 0 Å². The summed E-state index contributed by atoms with van der Waals surface area (Å²) in [6.07, 6.45) is 1.08. The molecule has 0 bridgehead atoms. The summed E-state index contributed by atoms with van der Waals surface area (Å²) in [4.78, 5) is 4.79. The molecule has 1 saturated heterocycles. The monoisotopic (exact) mass is 390 g/mol. The highest BCUT2D eigenvalue weighted by atomic mass is 32.1. The number of rotatable bonds is 4. The lowest BCUT2D eigenvalue weighted by molar-refractivity contribution is 0.642. The van der Waals surface area contributed by atoms with Crippen molar-refractivity contribution >= 4 is 28.5 Å². The van der Waals surface area contributed by atoms with Crippen LogP contribution < -0.4 is 9.80 Å². The Morgan fingerprint density at radius 3 is 2.39 bits per heavy atom. The summed E-state index contributed by atoms with van der Waals surface area (Å²) in [5, 5.41) is 17.5. The Balaban J connectivity index is 1.34. The maximum absolute atomic E-state index is 4.84. The van der Waals surface area contributed by atoms with Gasteiger partial charge in [0.05, 0.1) is 0 Å². The van der Waals surface area contributed by atoms with Crippen LogP contribution in [0.15, 0.2) is 53.2 Å². The standard InChI is InChI=1S/C21H22N6S/c1-2-16-3-5-18(6-4-16)25-10-12-26(13-11-25)20-8-7-19-22-23-21(27(19)24-20)17-9-14-28-15-17/h3-9,14-15H,2,10-13H2,1H3. The molecule has 4 aromatic rings. The summed E-state index contributed by atoms with van der Waals surface area (Å²) in [6, 6.07) is 15.0. The molecule has 6 nitrogen and oxygen atoms in total. The van der Waals surface area contributed by atoms with Crippen molar-refractivity contribution in [1.82, 2.24) is 19.8 Å². The number of benzene rings is 1. The van der Waals surface area contributed by atoms with E-state index < -0.39 is 0 Å². The molecular formula is C21H22N6S. The van der Waals surface area contributed by atoms with Gasteiger partial charge in [-0.2, -0.15) is 15.9 Å². The molecule has 0 radical (unpaired) electrons. The molecular weight excluding hydrogens is 368 g/mol. The third-order valence-electron chi connectivity index (χ3n) is 5.34. The van der Waals surface area contributed by atoms with Gasteiger partial charge in [0.1, 0.15) is 5.82 Å². The number of nitrogens with zero attached hydrogens (tertiary/aromatic N) is 6. The Kier molecular flexibility index (Phi) is 4.44. The van der Waals surface area contributed by atoms with E-state index in [2.05, 4.69) is 62.6 Å². The summed E-state index contributed by atoms with van der Waals surface area (Å²) < 4.78 is 1.85. The van der Waals surface area contributed by atoms with Crippen molar-refractivity contribution in [1.29, 1.82) is 0 Å². The topological polar surface area (TPSA) is 49.6 Å². The van der Waals surface area contributed by atoms with Gasteiger partial charge in [0.2, 0.25) is 0 Å². The Morgan fingerprint density at radius 1 is 0.893 bits per heavy atom. The van der Waals surface area contributed by atoms with Crippen molar-refractivity contribution in [2.24, 2.45) is 0 Å². The van der Waals surface area contributed by atoms with Crippen LogP contribution in [0.3, 0.4) is 0 Å². The van der Waals surface area contributed by atoms with Gasteiger partial charge >= 0.3 is 0 Å². The van der Waals surface area contributed by atoms with E-state index in [-0.39, 0.29) is 0 Å². The molecule has 0 spiro atoms. The lowest BCUT2D eigenvalue weighted by atomic mass is 10.1. The van der Waals surface area contributed by atoms with Crippen LogP contribution in [0.2, 0.25) is 0 Å². The second-order valence-corrected chi connectivity index (χ2v) is 7.77. The number of thiophene rings is 1. The summed E-state index contributed by atoms with van der Waals surface area (Å²) in [6.45, 7) is 6.07. The van der Waals surface area contributed by atoms with Crippen LogP contribution in [-0.2, 0) is 6.42 Å². The summed E-state index contributed by atoms with van der Waals surface area (Å²) in [7, 11) is 0. The zero-order valence-corrected chi connectivity index (χ0v) is 16.6. The first kappa shape index (κ1) is 17.2. The van der Waals surface area contributed by atoms with Crippen molar-refractivity contribution in [2.75, 3.05) is 36.0 Å². The minimum Gasteiger partial charge on any atom is -0.368 e. The molecule has 0 N–H and O–H groups in total. The maximum Gasteiger partial charge on any atom is 0.186 e. The number of aryl methyl sites for hydroxylation is 1. The molecule has 0 aliphatic carbocycles. The largest absolute Gasteiger partial charge is 0.368 e. The van der Waals surface area contributed by atoms with Crippen molar-refractivity contribution < 1.29 is 0 Å². The summed E-state index contributed by atoms with van der Waals surface area (Å²) in [5.74, 6) is 1.78. The Hall–Kier alpha value is -2.93. The van der Waals surface area contributed by atoms with Gasteiger partial charge in [-0.05, 0) is 47.7 Å². The highest BCUT2D eigenvalue weighted by Gasteiger charge is 2.20. The first-order chi connectivity index (χ1) is 13.8. The van der Waals surface area contributed by atoms with Gasteiger partial charge in [-0.25, -0.2) is 0 Å². The predicted molar refractivity (Wildman–Crippen MR) is 114 cm³/mol. The van der Waals surface area contributed by atoms with Gasteiger partial charge in [-0.15, -0.1) is 15.3 Å². The van der Waals surface area contributed by atoms with Gasteiger partial charge in [0.15, 0.2) is 11.5 Å². The number of piperazine rings is 1. The molecule has 28 heavy (non-hydrogen) atoms. The molecule has 5 rings (SSSR count). The zero-order chi connectivity index (χ0) is 18.9. The molecule has 7 heteroatoms. The highest BCUT2D eigenvalue weighted by molar-refractivity contribution is 7.08. The molecule has 1 fully saturated rings. The molecule has 1 aliphatic rings. The number of anilines is 2. The lowest BCUT2D eigenvalue weighted by Gasteiger charge is -2.36. The molecule has 142 valence electrons. The fourth-order valence-electron chi connectivity index (χ4n) is 3.66. The van der Waals surface area contributed by atoms with Crippen molar-refractivity contribution in [2.45, 2.75) is 13.3 Å². The molecule has 1 aliphatic heterocycles. The van der Waals surface area contributed by atoms with E-state index in [1.807, 2.05) is 22.0 Å². The minimum absolute atomic E-state index is 0.777. The molecule has 1 aromatic carbocycles. The second-order valence-electron chi connectivity index (χ2n) is 6.99. The Bertz CT molecular complexity index is 1060. The quantitative estimate of drug-likeness (QED) is 0.531. The van der Waals surface area contributed by atoms with E-state index in [1.165, 1.54) is 11.3 Å². The van der Waals surface area contributed by atoms with Gasteiger partial charge in [0.25, 0.3) is 0 Å². The van der Waals surface area contributed by atoms with Crippen LogP contribution in [0, 0.1) is 0 Å². The van der Waals surface area contributed by atoms with Crippen LogP contribution in [0.5, 0.6) is 0 Å². The van der Waals surface area contributed by atoms with Crippen LogP contribution >= 0.6 is 11.3 Å². The minimum atomic E-state index is 0.777. The van der Waals surface area contributed by atoms with Gasteiger partial charge < -0.3 is 9.80 Å². The summed E-state index contributed by atoms with van der Waals surface area (Å²) >= 11 is 1.65. The van der Waals surface area contributed by atoms with Crippen molar-refractivity contribution in [3.8, 4) is 11.4 Å². The first-order valence-corrected chi connectivity index (χ1v) is 10.6.